The monoisotopic (exact) mass is 363 g/mol. The van der Waals surface area contributed by atoms with E-state index in [-0.39, 0.29) is 24.2 Å². The summed E-state index contributed by atoms with van der Waals surface area (Å²) in [6, 6.07) is 3.36. The van der Waals surface area contributed by atoms with E-state index in [2.05, 4.69) is 4.98 Å². The zero-order valence-electron chi connectivity index (χ0n) is 15.3. The van der Waals surface area contributed by atoms with Crippen LogP contribution in [0.15, 0.2) is 18.3 Å². The molecule has 0 spiro atoms. The van der Waals surface area contributed by atoms with Crippen molar-refractivity contribution >= 4 is 17.8 Å². The van der Waals surface area contributed by atoms with E-state index in [0.717, 1.165) is 0 Å². The van der Waals surface area contributed by atoms with Gasteiger partial charge in [0, 0.05) is 26.3 Å². The number of aliphatic carboxylic acids is 1. The zero-order chi connectivity index (χ0) is 19.3. The molecule has 0 bridgehead atoms. The first-order chi connectivity index (χ1) is 12.3. The van der Waals surface area contributed by atoms with Crippen LogP contribution in [-0.4, -0.2) is 70.5 Å². The summed E-state index contributed by atoms with van der Waals surface area (Å²) in [5.41, 5.74) is 0.168. The van der Waals surface area contributed by atoms with Crippen LogP contribution in [0.5, 0.6) is 5.75 Å². The van der Waals surface area contributed by atoms with Crippen LogP contribution in [0.1, 0.15) is 37.2 Å². The second-order valence-corrected chi connectivity index (χ2v) is 6.67. The second kappa shape index (κ2) is 8.64. The van der Waals surface area contributed by atoms with E-state index in [1.807, 2.05) is 13.8 Å². The van der Waals surface area contributed by atoms with Gasteiger partial charge in [-0.2, -0.15) is 0 Å². The van der Waals surface area contributed by atoms with Crippen LogP contribution in [-0.2, 0) is 9.59 Å². The molecule has 142 valence electrons. The number of piperidine rings is 1. The fourth-order valence-electron chi connectivity index (χ4n) is 2.83. The molecule has 0 aliphatic carbocycles. The summed E-state index contributed by atoms with van der Waals surface area (Å²) in [5, 5.41) is 9.02. The highest BCUT2D eigenvalue weighted by Crippen LogP contribution is 2.20. The van der Waals surface area contributed by atoms with E-state index in [4.69, 9.17) is 9.84 Å². The highest BCUT2D eigenvalue weighted by molar-refractivity contribution is 5.96. The van der Waals surface area contributed by atoms with Crippen molar-refractivity contribution in [3.05, 3.63) is 24.0 Å². The largest absolute Gasteiger partial charge is 0.489 e. The maximum absolute atomic E-state index is 12.6. The van der Waals surface area contributed by atoms with Crippen LogP contribution in [0.3, 0.4) is 0 Å². The van der Waals surface area contributed by atoms with Gasteiger partial charge in [0.2, 0.25) is 5.91 Å². The lowest BCUT2D eigenvalue weighted by atomic mass is 9.97. The van der Waals surface area contributed by atoms with Gasteiger partial charge in [-0.3, -0.25) is 14.4 Å². The van der Waals surface area contributed by atoms with Crippen LogP contribution >= 0.6 is 0 Å². The molecule has 1 aromatic rings. The zero-order valence-corrected chi connectivity index (χ0v) is 15.3. The normalized spacial score (nSPS) is 15.0. The van der Waals surface area contributed by atoms with Crippen molar-refractivity contribution in [1.82, 2.24) is 14.8 Å². The third kappa shape index (κ3) is 4.93. The topological polar surface area (TPSA) is 100 Å². The summed E-state index contributed by atoms with van der Waals surface area (Å²) in [4.78, 5) is 43.1. The number of carboxylic acid groups (broad SMARTS) is 1. The SMILES string of the molecule is CC(C)Oc1cccnc1C(=O)N(C)CC(=O)N1CCC(C(=O)O)CC1. The molecule has 8 nitrogen and oxygen atoms in total. The van der Waals surface area contributed by atoms with E-state index >= 15 is 0 Å². The van der Waals surface area contributed by atoms with E-state index in [9.17, 15) is 14.4 Å². The minimum atomic E-state index is -0.822. The van der Waals surface area contributed by atoms with Crippen LogP contribution in [0.25, 0.3) is 0 Å². The molecule has 1 aliphatic rings. The predicted octanol–water partition coefficient (Wildman–Crippen LogP) is 1.26. The Hall–Kier alpha value is -2.64. The number of amides is 2. The first-order valence-electron chi connectivity index (χ1n) is 8.67. The molecule has 26 heavy (non-hydrogen) atoms. The molecule has 1 saturated heterocycles. The number of hydrogen-bond donors (Lipinski definition) is 1. The molecule has 0 atom stereocenters. The van der Waals surface area contributed by atoms with Gasteiger partial charge in [-0.05, 0) is 38.8 Å². The summed E-state index contributed by atoms with van der Waals surface area (Å²) >= 11 is 0. The van der Waals surface area contributed by atoms with Crippen molar-refractivity contribution in [2.75, 3.05) is 26.7 Å². The minimum absolute atomic E-state index is 0.0890. The Morgan fingerprint density at radius 2 is 2.00 bits per heavy atom. The van der Waals surface area contributed by atoms with Gasteiger partial charge >= 0.3 is 5.97 Å². The Kier molecular flexibility index (Phi) is 6.54. The molecule has 1 aromatic heterocycles. The second-order valence-electron chi connectivity index (χ2n) is 6.67. The number of pyridine rings is 1. The quantitative estimate of drug-likeness (QED) is 0.817. The summed E-state index contributed by atoms with van der Waals surface area (Å²) < 4.78 is 5.61. The number of likely N-dealkylation sites (tertiary alicyclic amines) is 1. The molecule has 0 aromatic carbocycles. The number of ether oxygens (including phenoxy) is 1. The number of aromatic nitrogens is 1. The lowest BCUT2D eigenvalue weighted by Gasteiger charge is -2.31. The molecular formula is C18H25N3O5. The standard InChI is InChI=1S/C18H25N3O5/c1-12(2)26-14-5-4-8-19-16(14)17(23)20(3)11-15(22)21-9-6-13(7-10-21)18(24)25/h4-5,8,12-13H,6-7,9-11H2,1-3H3,(H,24,25). The molecule has 0 unspecified atom stereocenters. The summed E-state index contributed by atoms with van der Waals surface area (Å²) in [6.07, 6.45) is 2.27. The maximum atomic E-state index is 12.6. The van der Waals surface area contributed by atoms with E-state index in [1.165, 1.54) is 18.1 Å². The van der Waals surface area contributed by atoms with E-state index in [0.29, 0.717) is 31.7 Å². The Bertz CT molecular complexity index is 669. The van der Waals surface area contributed by atoms with Gasteiger partial charge in [-0.15, -0.1) is 0 Å². The van der Waals surface area contributed by atoms with Crippen LogP contribution in [0.2, 0.25) is 0 Å². The number of nitrogens with zero attached hydrogens (tertiary/aromatic N) is 3. The third-order valence-electron chi connectivity index (χ3n) is 4.25. The van der Waals surface area contributed by atoms with Gasteiger partial charge in [0.1, 0.15) is 0 Å². The molecule has 0 saturated carbocycles. The fourth-order valence-corrected chi connectivity index (χ4v) is 2.83. The molecule has 2 amide bonds. The van der Waals surface area contributed by atoms with Crippen LogP contribution < -0.4 is 4.74 Å². The van der Waals surface area contributed by atoms with Crippen molar-refractivity contribution in [1.29, 1.82) is 0 Å². The maximum Gasteiger partial charge on any atom is 0.306 e. The van der Waals surface area contributed by atoms with E-state index < -0.39 is 17.8 Å². The number of carboxylic acids is 1. The van der Waals surface area contributed by atoms with Gasteiger partial charge in [0.25, 0.3) is 5.91 Å². The van der Waals surface area contributed by atoms with Crippen molar-refractivity contribution in [3.8, 4) is 5.75 Å². The third-order valence-corrected chi connectivity index (χ3v) is 4.25. The molecule has 1 N–H and O–H groups in total. The Labute approximate surface area is 152 Å². The molecule has 2 rings (SSSR count). The van der Waals surface area contributed by atoms with Crippen molar-refractivity contribution < 1.29 is 24.2 Å². The molecule has 1 aliphatic heterocycles. The Morgan fingerprint density at radius 3 is 2.58 bits per heavy atom. The lowest BCUT2D eigenvalue weighted by Crippen LogP contribution is -2.45. The molecule has 8 heteroatoms. The Morgan fingerprint density at radius 1 is 1.35 bits per heavy atom. The average molecular weight is 363 g/mol. The average Bonchev–Trinajstić information content (AvgIpc) is 2.61. The van der Waals surface area contributed by atoms with Gasteiger partial charge < -0.3 is 19.6 Å². The number of hydrogen-bond acceptors (Lipinski definition) is 5. The first kappa shape index (κ1) is 19.7. The summed E-state index contributed by atoms with van der Waals surface area (Å²) in [6.45, 7) is 4.41. The van der Waals surface area contributed by atoms with Crippen molar-refractivity contribution in [3.63, 3.8) is 0 Å². The molecule has 2 heterocycles. The lowest BCUT2D eigenvalue weighted by molar-refractivity contribution is -0.145. The highest BCUT2D eigenvalue weighted by Gasteiger charge is 2.28. The van der Waals surface area contributed by atoms with Crippen molar-refractivity contribution in [2.24, 2.45) is 5.92 Å². The highest BCUT2D eigenvalue weighted by atomic mass is 16.5. The predicted molar refractivity (Wildman–Crippen MR) is 93.9 cm³/mol. The Balaban J connectivity index is 1.97. The fraction of sp³-hybridized carbons (Fsp3) is 0.556. The van der Waals surface area contributed by atoms with Gasteiger partial charge in [0.15, 0.2) is 11.4 Å². The molecule has 1 fully saturated rings. The minimum Gasteiger partial charge on any atom is -0.489 e. The number of carbonyl (C=O) groups excluding carboxylic acids is 2. The van der Waals surface area contributed by atoms with Gasteiger partial charge in [-0.25, -0.2) is 4.98 Å². The summed E-state index contributed by atoms with van der Waals surface area (Å²) in [5.74, 6) is -1.43. The van der Waals surface area contributed by atoms with Crippen molar-refractivity contribution in [2.45, 2.75) is 32.8 Å². The number of rotatable bonds is 6. The number of likely N-dealkylation sites (N-methyl/N-ethyl adjacent to an activating group) is 1. The molecular weight excluding hydrogens is 338 g/mol. The van der Waals surface area contributed by atoms with Crippen LogP contribution in [0, 0.1) is 5.92 Å². The summed E-state index contributed by atoms with van der Waals surface area (Å²) in [7, 11) is 1.54. The van der Waals surface area contributed by atoms with Gasteiger partial charge in [0.05, 0.1) is 18.6 Å². The number of carbonyl (C=O) groups is 3. The van der Waals surface area contributed by atoms with E-state index in [1.54, 1.807) is 17.0 Å². The molecule has 0 radical (unpaired) electrons. The van der Waals surface area contributed by atoms with Gasteiger partial charge in [-0.1, -0.05) is 0 Å². The first-order valence-corrected chi connectivity index (χ1v) is 8.67. The smallest absolute Gasteiger partial charge is 0.306 e. The van der Waals surface area contributed by atoms with Crippen LogP contribution in [0.4, 0.5) is 0 Å².